The van der Waals surface area contributed by atoms with E-state index in [9.17, 15) is 9.59 Å². The molecule has 1 N–H and O–H groups in total. The van der Waals surface area contributed by atoms with Gasteiger partial charge in [-0.1, -0.05) is 0 Å². The van der Waals surface area contributed by atoms with Gasteiger partial charge in [0.2, 0.25) is 0 Å². The van der Waals surface area contributed by atoms with E-state index in [-0.39, 0.29) is 11.6 Å². The van der Waals surface area contributed by atoms with Crippen LogP contribution in [-0.4, -0.2) is 34.5 Å². The van der Waals surface area contributed by atoms with Crippen molar-refractivity contribution >= 4 is 28.2 Å². The van der Waals surface area contributed by atoms with Gasteiger partial charge in [0.15, 0.2) is 0 Å². The number of aromatic nitrogens is 2. The van der Waals surface area contributed by atoms with Crippen molar-refractivity contribution in [2.75, 3.05) is 13.7 Å². The minimum Gasteiger partial charge on any atom is -0.465 e. The van der Waals surface area contributed by atoms with Crippen LogP contribution in [0.2, 0.25) is 0 Å². The summed E-state index contributed by atoms with van der Waals surface area (Å²) in [4.78, 5) is 35.3. The zero-order valence-corrected chi connectivity index (χ0v) is 15.4. The molecule has 1 aliphatic heterocycles. The predicted molar refractivity (Wildman–Crippen MR) is 101 cm³/mol. The standard InChI is InChI=1S/C19H19N3O3S/c1-11-13-6-8-26-16(13)5-7-22(11)10-17-20-15-9-12(19(24)25-2)3-4-14(15)18(23)21-17/h3-4,6,8-9,11H,5,7,10H2,1-2H3,(H,20,21,23)/t11-/m1/s1. The number of benzene rings is 1. The van der Waals surface area contributed by atoms with Gasteiger partial charge in [0.1, 0.15) is 5.82 Å². The Kier molecular flexibility index (Phi) is 4.34. The van der Waals surface area contributed by atoms with Crippen molar-refractivity contribution in [2.45, 2.75) is 25.9 Å². The molecule has 0 aliphatic carbocycles. The highest BCUT2D eigenvalue weighted by Gasteiger charge is 2.25. The van der Waals surface area contributed by atoms with Crippen LogP contribution in [0.25, 0.3) is 10.9 Å². The van der Waals surface area contributed by atoms with E-state index in [2.05, 4.69) is 33.2 Å². The molecule has 6 nitrogen and oxygen atoms in total. The Morgan fingerprint density at radius 2 is 2.27 bits per heavy atom. The van der Waals surface area contributed by atoms with E-state index in [1.807, 2.05) is 0 Å². The minimum absolute atomic E-state index is 0.192. The number of thiophene rings is 1. The monoisotopic (exact) mass is 369 g/mol. The van der Waals surface area contributed by atoms with Crippen LogP contribution >= 0.6 is 11.3 Å². The van der Waals surface area contributed by atoms with Gasteiger partial charge >= 0.3 is 5.97 Å². The van der Waals surface area contributed by atoms with Gasteiger partial charge in [-0.15, -0.1) is 11.3 Å². The summed E-state index contributed by atoms with van der Waals surface area (Å²) in [6.07, 6.45) is 1.02. The van der Waals surface area contributed by atoms with E-state index >= 15 is 0 Å². The van der Waals surface area contributed by atoms with Crippen LogP contribution in [0.4, 0.5) is 0 Å². The Morgan fingerprint density at radius 1 is 1.42 bits per heavy atom. The third-order valence-corrected chi connectivity index (χ3v) is 5.93. The van der Waals surface area contributed by atoms with Crippen LogP contribution in [0, 0.1) is 0 Å². The molecule has 3 heterocycles. The smallest absolute Gasteiger partial charge is 0.337 e. The van der Waals surface area contributed by atoms with Gasteiger partial charge < -0.3 is 9.72 Å². The minimum atomic E-state index is -0.440. The van der Waals surface area contributed by atoms with Gasteiger partial charge in [-0.25, -0.2) is 9.78 Å². The number of nitrogens with one attached hydrogen (secondary N) is 1. The van der Waals surface area contributed by atoms with Gasteiger partial charge in [-0.2, -0.15) is 0 Å². The third kappa shape index (κ3) is 2.93. The molecule has 26 heavy (non-hydrogen) atoms. The average Bonchev–Trinajstić information content (AvgIpc) is 3.12. The molecule has 0 unspecified atom stereocenters. The van der Waals surface area contributed by atoms with E-state index < -0.39 is 5.97 Å². The van der Waals surface area contributed by atoms with Crippen molar-refractivity contribution in [3.8, 4) is 0 Å². The Hall–Kier alpha value is -2.51. The van der Waals surface area contributed by atoms with Crippen LogP contribution < -0.4 is 5.56 Å². The SMILES string of the molecule is COC(=O)c1ccc2c(=O)[nH]c(CN3CCc4sccc4[C@H]3C)nc2c1. The van der Waals surface area contributed by atoms with Gasteiger partial charge in [0.25, 0.3) is 5.56 Å². The molecular formula is C19H19N3O3S. The van der Waals surface area contributed by atoms with Crippen LogP contribution in [0.1, 0.15) is 39.6 Å². The molecule has 7 heteroatoms. The number of esters is 1. The van der Waals surface area contributed by atoms with Crippen molar-refractivity contribution in [3.63, 3.8) is 0 Å². The lowest BCUT2D eigenvalue weighted by atomic mass is 10.0. The molecule has 1 atom stereocenters. The molecule has 0 bridgehead atoms. The number of hydrogen-bond donors (Lipinski definition) is 1. The Morgan fingerprint density at radius 3 is 3.08 bits per heavy atom. The molecule has 0 amide bonds. The Bertz CT molecular complexity index is 1040. The molecule has 0 saturated heterocycles. The highest BCUT2D eigenvalue weighted by Crippen LogP contribution is 2.33. The average molecular weight is 369 g/mol. The summed E-state index contributed by atoms with van der Waals surface area (Å²) >= 11 is 1.80. The molecule has 3 aromatic rings. The number of methoxy groups -OCH3 is 1. The number of fused-ring (bicyclic) bond motifs is 2. The van der Waals surface area contributed by atoms with Crippen molar-refractivity contribution in [1.29, 1.82) is 0 Å². The van der Waals surface area contributed by atoms with Gasteiger partial charge in [0, 0.05) is 17.5 Å². The number of rotatable bonds is 3. The molecule has 0 radical (unpaired) electrons. The zero-order chi connectivity index (χ0) is 18.3. The summed E-state index contributed by atoms with van der Waals surface area (Å²) in [5.74, 6) is 0.167. The fraction of sp³-hybridized carbons (Fsp3) is 0.316. The van der Waals surface area contributed by atoms with Crippen LogP contribution in [0.15, 0.2) is 34.4 Å². The third-order valence-electron chi connectivity index (χ3n) is 4.93. The molecule has 1 aliphatic rings. The van der Waals surface area contributed by atoms with Crippen LogP contribution in [0.3, 0.4) is 0 Å². The number of carbonyl (C=O) groups excluding carboxylic acids is 1. The number of aromatic amines is 1. The van der Waals surface area contributed by atoms with Gasteiger partial charge in [0.05, 0.1) is 30.1 Å². The van der Waals surface area contributed by atoms with E-state index in [1.165, 1.54) is 17.6 Å². The molecule has 0 saturated carbocycles. The first-order valence-corrected chi connectivity index (χ1v) is 9.36. The first kappa shape index (κ1) is 16.9. The molecule has 134 valence electrons. The van der Waals surface area contributed by atoms with Crippen molar-refractivity contribution in [2.24, 2.45) is 0 Å². The molecule has 2 aromatic heterocycles. The predicted octanol–water partition coefficient (Wildman–Crippen LogP) is 2.89. The second-order valence-electron chi connectivity index (χ2n) is 6.43. The summed E-state index contributed by atoms with van der Waals surface area (Å²) in [6, 6.07) is 7.26. The fourth-order valence-electron chi connectivity index (χ4n) is 3.48. The molecular weight excluding hydrogens is 350 g/mol. The second kappa shape index (κ2) is 6.66. The summed E-state index contributed by atoms with van der Waals surface area (Å²) in [5.41, 5.74) is 2.06. The summed E-state index contributed by atoms with van der Waals surface area (Å²) in [7, 11) is 1.33. The maximum Gasteiger partial charge on any atom is 0.337 e. The number of carbonyl (C=O) groups is 1. The molecule has 1 aromatic carbocycles. The zero-order valence-electron chi connectivity index (χ0n) is 14.6. The van der Waals surface area contributed by atoms with E-state index in [0.717, 1.165) is 13.0 Å². The first-order chi connectivity index (χ1) is 12.6. The van der Waals surface area contributed by atoms with E-state index in [1.54, 1.807) is 29.5 Å². The lowest BCUT2D eigenvalue weighted by Gasteiger charge is -2.33. The topological polar surface area (TPSA) is 75.3 Å². The summed E-state index contributed by atoms with van der Waals surface area (Å²) in [5, 5.41) is 2.60. The summed E-state index contributed by atoms with van der Waals surface area (Å²) in [6.45, 7) is 3.67. The highest BCUT2D eigenvalue weighted by molar-refractivity contribution is 7.10. The molecule has 0 fully saturated rings. The van der Waals surface area contributed by atoms with Crippen LogP contribution in [-0.2, 0) is 17.7 Å². The lowest BCUT2D eigenvalue weighted by Crippen LogP contribution is -2.33. The van der Waals surface area contributed by atoms with Crippen molar-refractivity contribution < 1.29 is 9.53 Å². The number of ether oxygens (including phenoxy) is 1. The highest BCUT2D eigenvalue weighted by atomic mass is 32.1. The number of nitrogens with zero attached hydrogens (tertiary/aromatic N) is 2. The first-order valence-electron chi connectivity index (χ1n) is 8.48. The van der Waals surface area contributed by atoms with E-state index in [0.29, 0.717) is 28.8 Å². The van der Waals surface area contributed by atoms with Crippen LogP contribution in [0.5, 0.6) is 0 Å². The van der Waals surface area contributed by atoms with Crippen molar-refractivity contribution in [1.82, 2.24) is 14.9 Å². The van der Waals surface area contributed by atoms with E-state index in [4.69, 9.17) is 4.74 Å². The largest absolute Gasteiger partial charge is 0.465 e. The summed E-state index contributed by atoms with van der Waals surface area (Å²) < 4.78 is 4.75. The fourth-order valence-corrected chi connectivity index (χ4v) is 4.44. The Balaban J connectivity index is 1.66. The number of hydrogen-bond acceptors (Lipinski definition) is 6. The van der Waals surface area contributed by atoms with Crippen molar-refractivity contribution in [3.05, 3.63) is 61.8 Å². The van der Waals surface area contributed by atoms with Gasteiger partial charge in [-0.05, 0) is 48.6 Å². The molecule has 0 spiro atoms. The maximum atomic E-state index is 12.4. The Labute approximate surface area is 154 Å². The lowest BCUT2D eigenvalue weighted by molar-refractivity contribution is 0.0601. The normalized spacial score (nSPS) is 17.2. The maximum absolute atomic E-state index is 12.4. The number of H-pyrrole nitrogens is 1. The second-order valence-corrected chi connectivity index (χ2v) is 7.43. The van der Waals surface area contributed by atoms with Gasteiger partial charge in [-0.3, -0.25) is 9.69 Å². The quantitative estimate of drug-likeness (QED) is 0.719. The molecule has 4 rings (SSSR count).